The van der Waals surface area contributed by atoms with Crippen LogP contribution < -0.4 is 5.32 Å². The third-order valence-corrected chi connectivity index (χ3v) is 2.77. The molecule has 8 nitrogen and oxygen atoms in total. The summed E-state index contributed by atoms with van der Waals surface area (Å²) in [5, 5.41) is 12.1. The first kappa shape index (κ1) is 17.3. The average Bonchev–Trinajstić information content (AvgIpc) is 2.35. The van der Waals surface area contributed by atoms with Gasteiger partial charge in [-0.05, 0) is 0 Å². The second-order valence-electron chi connectivity index (χ2n) is 4.61. The number of aliphatic hydroxyl groups excluding tert-OH is 1. The van der Waals surface area contributed by atoms with Gasteiger partial charge >= 0.3 is 11.9 Å². The minimum atomic E-state index is -1.88. The van der Waals surface area contributed by atoms with Gasteiger partial charge in [0.05, 0.1) is 0 Å². The molecule has 9 heteroatoms. The highest BCUT2D eigenvalue weighted by Crippen LogP contribution is 2.25. The van der Waals surface area contributed by atoms with Crippen LogP contribution in [0.5, 0.6) is 0 Å². The van der Waals surface area contributed by atoms with Gasteiger partial charge in [0.25, 0.3) is 0 Å². The Morgan fingerprint density at radius 1 is 1.24 bits per heavy atom. The first-order valence-electron chi connectivity index (χ1n) is 6.27. The number of alkyl halides is 1. The monoisotopic (exact) mass is 307 g/mol. The third kappa shape index (κ3) is 4.94. The minimum absolute atomic E-state index is 0.446. The standard InChI is InChI=1S/C12H18FNO7/c1-5(15)14-10-11(20-7(3)17)9(13)8(21-12(10)18)4-19-6(2)16/h8-12,18H,4H2,1-3H3,(H,14,15). The van der Waals surface area contributed by atoms with Gasteiger partial charge in [-0.25, -0.2) is 4.39 Å². The van der Waals surface area contributed by atoms with Crippen LogP contribution in [0.15, 0.2) is 0 Å². The van der Waals surface area contributed by atoms with Crippen LogP contribution in [0, 0.1) is 0 Å². The lowest BCUT2D eigenvalue weighted by molar-refractivity contribution is -0.247. The number of aliphatic hydroxyl groups is 1. The number of carbonyl (C=O) groups excluding carboxylic acids is 3. The lowest BCUT2D eigenvalue weighted by Gasteiger charge is -2.40. The number of carbonyl (C=O) groups is 3. The van der Waals surface area contributed by atoms with Gasteiger partial charge in [-0.1, -0.05) is 0 Å². The highest BCUT2D eigenvalue weighted by molar-refractivity contribution is 5.73. The molecule has 0 aromatic heterocycles. The van der Waals surface area contributed by atoms with E-state index in [1.54, 1.807) is 0 Å². The molecule has 1 rings (SSSR count). The Labute approximate surface area is 120 Å². The van der Waals surface area contributed by atoms with Crippen molar-refractivity contribution in [2.24, 2.45) is 0 Å². The summed E-state index contributed by atoms with van der Waals surface area (Å²) in [5.41, 5.74) is 0. The molecule has 0 spiro atoms. The van der Waals surface area contributed by atoms with Gasteiger partial charge in [0, 0.05) is 20.8 Å². The number of rotatable bonds is 4. The van der Waals surface area contributed by atoms with Gasteiger partial charge in [0.2, 0.25) is 5.91 Å². The van der Waals surface area contributed by atoms with E-state index in [2.05, 4.69) is 10.1 Å². The van der Waals surface area contributed by atoms with Crippen LogP contribution in [0.2, 0.25) is 0 Å². The van der Waals surface area contributed by atoms with Crippen molar-refractivity contribution < 1.29 is 38.1 Å². The van der Waals surface area contributed by atoms with Crippen molar-refractivity contribution in [3.05, 3.63) is 0 Å². The Kier molecular flexibility index (Phi) is 6.03. The Bertz CT molecular complexity index is 416. The van der Waals surface area contributed by atoms with Crippen LogP contribution in [-0.4, -0.2) is 60.3 Å². The zero-order valence-corrected chi connectivity index (χ0v) is 11.9. The van der Waals surface area contributed by atoms with E-state index in [9.17, 15) is 23.9 Å². The maximum absolute atomic E-state index is 14.3. The van der Waals surface area contributed by atoms with Crippen LogP contribution in [0.25, 0.3) is 0 Å². The van der Waals surface area contributed by atoms with E-state index >= 15 is 0 Å². The van der Waals surface area contributed by atoms with Gasteiger partial charge in [0.1, 0.15) is 18.8 Å². The highest BCUT2D eigenvalue weighted by atomic mass is 19.1. The van der Waals surface area contributed by atoms with Crippen LogP contribution in [-0.2, 0) is 28.6 Å². The van der Waals surface area contributed by atoms with Crippen molar-refractivity contribution in [1.82, 2.24) is 5.32 Å². The number of nitrogens with one attached hydrogen (secondary N) is 1. The normalized spacial score (nSPS) is 32.1. The number of esters is 2. The lowest BCUT2D eigenvalue weighted by Crippen LogP contribution is -2.64. The molecule has 0 saturated carbocycles. The fourth-order valence-electron chi connectivity index (χ4n) is 1.96. The summed E-state index contributed by atoms with van der Waals surface area (Å²) in [5.74, 6) is -1.97. The molecule has 0 aliphatic carbocycles. The lowest BCUT2D eigenvalue weighted by atomic mass is 9.98. The Hall–Kier alpha value is -1.74. The fourth-order valence-corrected chi connectivity index (χ4v) is 1.96. The van der Waals surface area contributed by atoms with Gasteiger partial charge in [-0.15, -0.1) is 0 Å². The topological polar surface area (TPSA) is 111 Å². The van der Waals surface area contributed by atoms with Crippen LogP contribution in [0.4, 0.5) is 4.39 Å². The molecule has 0 radical (unpaired) electrons. The molecule has 2 N–H and O–H groups in total. The SMILES string of the molecule is CC(=O)NC1C(O)OC(COC(C)=O)C(F)C1OC(C)=O. The van der Waals surface area contributed by atoms with E-state index in [1.165, 1.54) is 0 Å². The summed E-state index contributed by atoms with van der Waals surface area (Å²) in [4.78, 5) is 32.9. The van der Waals surface area contributed by atoms with Crippen molar-refractivity contribution in [2.75, 3.05) is 6.61 Å². The van der Waals surface area contributed by atoms with Gasteiger partial charge in [-0.3, -0.25) is 14.4 Å². The molecule has 1 aliphatic heterocycles. The van der Waals surface area contributed by atoms with E-state index in [1.807, 2.05) is 0 Å². The molecule has 5 unspecified atom stereocenters. The largest absolute Gasteiger partial charge is 0.463 e. The third-order valence-electron chi connectivity index (χ3n) is 2.77. The summed E-state index contributed by atoms with van der Waals surface area (Å²) < 4.78 is 28.8. The van der Waals surface area contributed by atoms with Crippen molar-refractivity contribution in [1.29, 1.82) is 0 Å². The quantitative estimate of drug-likeness (QED) is 0.643. The first-order valence-corrected chi connectivity index (χ1v) is 6.27. The zero-order chi connectivity index (χ0) is 16.2. The van der Waals surface area contributed by atoms with Crippen molar-refractivity contribution >= 4 is 17.8 Å². The van der Waals surface area contributed by atoms with E-state index in [0.29, 0.717) is 0 Å². The summed E-state index contributed by atoms with van der Waals surface area (Å²) in [6.45, 7) is 2.92. The van der Waals surface area contributed by atoms with Crippen molar-refractivity contribution in [3.63, 3.8) is 0 Å². The maximum atomic E-state index is 14.3. The summed E-state index contributed by atoms with van der Waals surface area (Å²) in [6.07, 6.45) is -6.24. The molecular weight excluding hydrogens is 289 g/mol. The predicted octanol–water partition coefficient (Wildman–Crippen LogP) is -0.959. The van der Waals surface area contributed by atoms with Crippen LogP contribution >= 0.6 is 0 Å². The second kappa shape index (κ2) is 7.32. The molecule has 1 aliphatic rings. The van der Waals surface area contributed by atoms with Gasteiger partial charge in [0.15, 0.2) is 18.6 Å². The molecule has 0 aromatic carbocycles. The molecule has 1 heterocycles. The van der Waals surface area contributed by atoms with E-state index in [4.69, 9.17) is 9.47 Å². The van der Waals surface area contributed by atoms with Crippen molar-refractivity contribution in [3.8, 4) is 0 Å². The average molecular weight is 307 g/mol. The molecule has 1 fully saturated rings. The molecule has 0 aromatic rings. The van der Waals surface area contributed by atoms with Gasteiger partial charge < -0.3 is 24.6 Å². The Morgan fingerprint density at radius 3 is 2.33 bits per heavy atom. The molecule has 120 valence electrons. The highest BCUT2D eigenvalue weighted by Gasteiger charge is 2.48. The molecule has 0 bridgehead atoms. The first-order chi connectivity index (χ1) is 9.72. The van der Waals surface area contributed by atoms with Crippen LogP contribution in [0.3, 0.4) is 0 Å². The smallest absolute Gasteiger partial charge is 0.303 e. The number of ether oxygens (including phenoxy) is 3. The molecule has 5 atom stereocenters. The summed E-state index contributed by atoms with van der Waals surface area (Å²) >= 11 is 0. The maximum Gasteiger partial charge on any atom is 0.303 e. The summed E-state index contributed by atoms with van der Waals surface area (Å²) in [6, 6.07) is -1.25. The predicted molar refractivity (Wildman–Crippen MR) is 65.6 cm³/mol. The minimum Gasteiger partial charge on any atom is -0.463 e. The van der Waals surface area contributed by atoms with Gasteiger partial charge in [-0.2, -0.15) is 0 Å². The van der Waals surface area contributed by atoms with E-state index < -0.39 is 55.2 Å². The number of hydrogen-bond donors (Lipinski definition) is 2. The Balaban J connectivity index is 2.87. The Morgan fingerprint density at radius 2 is 1.86 bits per heavy atom. The number of hydrogen-bond acceptors (Lipinski definition) is 7. The van der Waals surface area contributed by atoms with Crippen molar-refractivity contribution in [2.45, 2.75) is 51.5 Å². The summed E-state index contributed by atoms with van der Waals surface area (Å²) in [7, 11) is 0. The second-order valence-corrected chi connectivity index (χ2v) is 4.61. The molecule has 1 amide bonds. The van der Waals surface area contributed by atoms with Crippen LogP contribution in [0.1, 0.15) is 20.8 Å². The molecule has 21 heavy (non-hydrogen) atoms. The van der Waals surface area contributed by atoms with E-state index in [-0.39, 0.29) is 0 Å². The molecule has 1 saturated heterocycles. The zero-order valence-electron chi connectivity index (χ0n) is 11.9. The fraction of sp³-hybridized carbons (Fsp3) is 0.750. The number of amides is 1. The molecular formula is C12H18FNO7. The van der Waals surface area contributed by atoms with E-state index in [0.717, 1.165) is 20.8 Å². The number of halogens is 1.